The molecule has 0 unspecified atom stereocenters. The van der Waals surface area contributed by atoms with Crippen molar-refractivity contribution < 1.29 is 22.7 Å². The highest BCUT2D eigenvalue weighted by atomic mass is 32.2. The maximum absolute atomic E-state index is 12.1. The van der Waals surface area contributed by atoms with Gasteiger partial charge in [-0.25, -0.2) is 18.4 Å². The number of thioether (sulfide) groups is 1. The Morgan fingerprint density at radius 2 is 1.65 bits per heavy atom. The third kappa shape index (κ3) is 5.32. The van der Waals surface area contributed by atoms with Crippen molar-refractivity contribution in [3.05, 3.63) is 54.1 Å². The van der Waals surface area contributed by atoms with Crippen molar-refractivity contribution in [3.8, 4) is 0 Å². The molecule has 3 N–H and O–H groups in total. The smallest absolute Gasteiger partial charge is 0.338 e. The van der Waals surface area contributed by atoms with Crippen LogP contribution >= 0.6 is 11.8 Å². The number of sulfonamides is 1. The molecule has 2 rings (SSSR count). The van der Waals surface area contributed by atoms with Crippen LogP contribution in [0.2, 0.25) is 0 Å². The molecule has 0 aliphatic carbocycles. The first-order valence-corrected chi connectivity index (χ1v) is 10.3. The van der Waals surface area contributed by atoms with Crippen LogP contribution in [0.1, 0.15) is 17.3 Å². The van der Waals surface area contributed by atoms with Crippen LogP contribution in [0.4, 0.5) is 5.69 Å². The SMILES string of the molecule is CSc1ccc(C(=O)O[C@@H](C)C(=O)Nc2ccc(S(N)(=O)=O)cc2)cc1. The summed E-state index contributed by atoms with van der Waals surface area (Å²) < 4.78 is 27.6. The van der Waals surface area contributed by atoms with Gasteiger partial charge in [-0.15, -0.1) is 11.8 Å². The number of nitrogens with one attached hydrogen (secondary N) is 1. The fourth-order valence-corrected chi connectivity index (χ4v) is 2.90. The molecule has 0 aliphatic heterocycles. The zero-order chi connectivity index (χ0) is 19.3. The summed E-state index contributed by atoms with van der Waals surface area (Å²) >= 11 is 1.55. The second-order valence-electron chi connectivity index (χ2n) is 5.33. The molecule has 1 atom stereocenters. The van der Waals surface area contributed by atoms with Crippen LogP contribution in [0, 0.1) is 0 Å². The second-order valence-corrected chi connectivity index (χ2v) is 7.78. The van der Waals surface area contributed by atoms with Gasteiger partial charge in [0.15, 0.2) is 6.10 Å². The van der Waals surface area contributed by atoms with Crippen LogP contribution in [0.25, 0.3) is 0 Å². The molecule has 0 spiro atoms. The van der Waals surface area contributed by atoms with Crippen molar-refractivity contribution in [1.82, 2.24) is 0 Å². The number of esters is 1. The highest BCUT2D eigenvalue weighted by Gasteiger charge is 2.19. The summed E-state index contributed by atoms with van der Waals surface area (Å²) in [5.41, 5.74) is 0.703. The van der Waals surface area contributed by atoms with Crippen molar-refractivity contribution in [1.29, 1.82) is 0 Å². The molecule has 0 aliphatic rings. The Bertz CT molecular complexity index is 894. The van der Waals surface area contributed by atoms with E-state index in [4.69, 9.17) is 9.88 Å². The van der Waals surface area contributed by atoms with Gasteiger partial charge in [-0.3, -0.25) is 4.79 Å². The van der Waals surface area contributed by atoms with E-state index in [0.717, 1.165) is 4.90 Å². The maximum atomic E-state index is 12.1. The van der Waals surface area contributed by atoms with Crippen molar-refractivity contribution in [2.45, 2.75) is 22.8 Å². The van der Waals surface area contributed by atoms with E-state index in [1.54, 1.807) is 36.0 Å². The molecular formula is C17H18N2O5S2. The topological polar surface area (TPSA) is 116 Å². The van der Waals surface area contributed by atoms with E-state index in [9.17, 15) is 18.0 Å². The van der Waals surface area contributed by atoms with Crippen LogP contribution in [0.15, 0.2) is 58.3 Å². The molecule has 0 fully saturated rings. The molecule has 0 bridgehead atoms. The van der Waals surface area contributed by atoms with E-state index in [1.807, 2.05) is 6.26 Å². The van der Waals surface area contributed by atoms with Gasteiger partial charge in [-0.2, -0.15) is 0 Å². The lowest BCUT2D eigenvalue weighted by molar-refractivity contribution is -0.123. The number of hydrogen-bond donors (Lipinski definition) is 2. The van der Waals surface area contributed by atoms with Gasteiger partial charge in [0, 0.05) is 10.6 Å². The standard InChI is InChI=1S/C17H18N2O5S2/c1-11(24-17(21)12-3-7-14(25-2)8-4-12)16(20)19-13-5-9-15(10-6-13)26(18,22)23/h3-11H,1-2H3,(H,19,20)(H2,18,22,23)/t11-/m0/s1. The lowest BCUT2D eigenvalue weighted by atomic mass is 10.2. The number of nitrogens with two attached hydrogens (primary N) is 1. The van der Waals surface area contributed by atoms with Gasteiger partial charge < -0.3 is 10.1 Å². The maximum Gasteiger partial charge on any atom is 0.338 e. The van der Waals surface area contributed by atoms with E-state index in [0.29, 0.717) is 11.3 Å². The zero-order valence-electron chi connectivity index (χ0n) is 14.1. The van der Waals surface area contributed by atoms with Gasteiger partial charge in [-0.1, -0.05) is 0 Å². The number of rotatable bonds is 6. The fraction of sp³-hybridized carbons (Fsp3) is 0.176. The third-order valence-corrected chi connectivity index (χ3v) is 5.10. The minimum absolute atomic E-state index is 0.0661. The molecule has 26 heavy (non-hydrogen) atoms. The average molecular weight is 394 g/mol. The number of primary sulfonamides is 1. The molecule has 0 radical (unpaired) electrons. The van der Waals surface area contributed by atoms with E-state index in [-0.39, 0.29) is 4.90 Å². The molecule has 2 aromatic carbocycles. The zero-order valence-corrected chi connectivity index (χ0v) is 15.8. The third-order valence-electron chi connectivity index (χ3n) is 3.43. The Labute approximate surface area is 156 Å². The van der Waals surface area contributed by atoms with Gasteiger partial charge in [-0.05, 0) is 61.7 Å². The average Bonchev–Trinajstić information content (AvgIpc) is 2.61. The number of amides is 1. The van der Waals surface area contributed by atoms with Gasteiger partial charge in [0.2, 0.25) is 10.0 Å². The Morgan fingerprint density at radius 1 is 1.08 bits per heavy atom. The van der Waals surface area contributed by atoms with Crippen LogP contribution in [0.3, 0.4) is 0 Å². The molecule has 7 nitrogen and oxygen atoms in total. The molecular weight excluding hydrogens is 376 g/mol. The minimum atomic E-state index is -3.80. The quantitative estimate of drug-likeness (QED) is 0.573. The molecule has 9 heteroatoms. The predicted molar refractivity (Wildman–Crippen MR) is 99.5 cm³/mol. The van der Waals surface area contributed by atoms with Crippen LogP contribution in [-0.4, -0.2) is 32.7 Å². The summed E-state index contributed by atoms with van der Waals surface area (Å²) in [5, 5.41) is 7.55. The van der Waals surface area contributed by atoms with Crippen LogP contribution in [0.5, 0.6) is 0 Å². The van der Waals surface area contributed by atoms with Crippen molar-refractivity contribution in [2.24, 2.45) is 5.14 Å². The highest BCUT2D eigenvalue weighted by Crippen LogP contribution is 2.16. The summed E-state index contributed by atoms with van der Waals surface area (Å²) in [7, 11) is -3.80. The first kappa shape index (κ1) is 20.0. The first-order chi connectivity index (χ1) is 12.2. The number of anilines is 1. The molecule has 1 amide bonds. The Kier molecular flexibility index (Phi) is 6.41. The van der Waals surface area contributed by atoms with E-state index in [1.165, 1.54) is 31.2 Å². The number of carbonyl (C=O) groups excluding carboxylic acids is 2. The van der Waals surface area contributed by atoms with Crippen LogP contribution < -0.4 is 10.5 Å². The van der Waals surface area contributed by atoms with Gasteiger partial charge in [0.25, 0.3) is 5.91 Å². The minimum Gasteiger partial charge on any atom is -0.449 e. The molecule has 0 saturated heterocycles. The Balaban J connectivity index is 1.97. The summed E-state index contributed by atoms with van der Waals surface area (Å²) in [6, 6.07) is 12.2. The second kappa shape index (κ2) is 8.35. The molecule has 2 aromatic rings. The number of ether oxygens (including phenoxy) is 1. The van der Waals surface area contributed by atoms with Crippen molar-refractivity contribution >= 4 is 39.3 Å². The Morgan fingerprint density at radius 3 is 2.15 bits per heavy atom. The molecule has 0 aromatic heterocycles. The lowest BCUT2D eigenvalue weighted by Gasteiger charge is -2.14. The fourth-order valence-electron chi connectivity index (χ4n) is 1.98. The van der Waals surface area contributed by atoms with Crippen molar-refractivity contribution in [2.75, 3.05) is 11.6 Å². The van der Waals surface area contributed by atoms with Gasteiger partial charge in [0.1, 0.15) is 0 Å². The van der Waals surface area contributed by atoms with Crippen molar-refractivity contribution in [3.63, 3.8) is 0 Å². The number of hydrogen-bond acceptors (Lipinski definition) is 6. The van der Waals surface area contributed by atoms with Gasteiger partial charge in [0.05, 0.1) is 10.5 Å². The highest BCUT2D eigenvalue weighted by molar-refractivity contribution is 7.98. The number of benzene rings is 2. The monoisotopic (exact) mass is 394 g/mol. The van der Waals surface area contributed by atoms with Crippen LogP contribution in [-0.2, 0) is 19.6 Å². The molecule has 0 heterocycles. The molecule has 138 valence electrons. The lowest BCUT2D eigenvalue weighted by Crippen LogP contribution is -2.30. The summed E-state index contributed by atoms with van der Waals surface area (Å²) in [4.78, 5) is 25.1. The first-order valence-electron chi connectivity index (χ1n) is 7.49. The predicted octanol–water partition coefficient (Wildman–Crippen LogP) is 2.24. The Hall–Kier alpha value is -2.36. The van der Waals surface area contributed by atoms with E-state index >= 15 is 0 Å². The largest absolute Gasteiger partial charge is 0.449 e. The van der Waals surface area contributed by atoms with E-state index in [2.05, 4.69) is 5.32 Å². The summed E-state index contributed by atoms with van der Waals surface area (Å²) in [6.45, 7) is 1.45. The number of carbonyl (C=O) groups is 2. The van der Waals surface area contributed by atoms with E-state index < -0.39 is 28.0 Å². The van der Waals surface area contributed by atoms with Gasteiger partial charge >= 0.3 is 5.97 Å². The normalized spacial score (nSPS) is 12.3. The molecule has 0 saturated carbocycles. The summed E-state index contributed by atoms with van der Waals surface area (Å²) in [6.07, 6.45) is 0.899. The summed E-state index contributed by atoms with van der Waals surface area (Å²) in [5.74, 6) is -1.15.